The molecule has 2 atom stereocenters. The van der Waals surface area contributed by atoms with E-state index in [1.165, 1.54) is 12.8 Å². The van der Waals surface area contributed by atoms with Crippen LogP contribution < -0.4 is 0 Å². The molecule has 0 aromatic rings. The molecular weight excluding hydrogens is 204 g/mol. The molecule has 0 saturated heterocycles. The molecule has 0 heterocycles. The summed E-state index contributed by atoms with van der Waals surface area (Å²) in [5.41, 5.74) is 6.20. The second-order valence-electron chi connectivity index (χ2n) is 5.69. The zero-order valence-corrected chi connectivity index (χ0v) is 10.7. The molecule has 0 heteroatoms. The molecule has 0 amide bonds. The summed E-state index contributed by atoms with van der Waals surface area (Å²) in [6, 6.07) is 0. The molecule has 17 heavy (non-hydrogen) atoms. The lowest BCUT2D eigenvalue weighted by Crippen LogP contribution is -1.88. The summed E-state index contributed by atoms with van der Waals surface area (Å²) in [5.74, 6) is 1.46. The van der Waals surface area contributed by atoms with Gasteiger partial charge in [0.25, 0.3) is 0 Å². The van der Waals surface area contributed by atoms with Gasteiger partial charge in [-0.05, 0) is 53.4 Å². The first-order valence-electron chi connectivity index (χ1n) is 6.71. The fourth-order valence-corrected chi connectivity index (χ4v) is 2.97. The molecule has 0 aliphatic heterocycles. The molecule has 0 nitrogen and oxygen atoms in total. The summed E-state index contributed by atoms with van der Waals surface area (Å²) >= 11 is 0. The van der Waals surface area contributed by atoms with Crippen LogP contribution in [-0.4, -0.2) is 0 Å². The summed E-state index contributed by atoms with van der Waals surface area (Å²) < 4.78 is 0. The molecule has 0 aromatic carbocycles. The highest BCUT2D eigenvalue weighted by Crippen LogP contribution is 2.36. The maximum atomic E-state index is 2.33. The Balaban J connectivity index is 1.82. The van der Waals surface area contributed by atoms with Gasteiger partial charge in [-0.3, -0.25) is 0 Å². The van der Waals surface area contributed by atoms with Gasteiger partial charge >= 0.3 is 0 Å². The van der Waals surface area contributed by atoms with Crippen molar-refractivity contribution in [2.75, 3.05) is 0 Å². The van der Waals surface area contributed by atoms with Crippen molar-refractivity contribution >= 4 is 0 Å². The minimum Gasteiger partial charge on any atom is -0.0811 e. The van der Waals surface area contributed by atoms with Crippen LogP contribution in [0.5, 0.6) is 0 Å². The van der Waals surface area contributed by atoms with Gasteiger partial charge in [0.05, 0.1) is 0 Å². The van der Waals surface area contributed by atoms with Gasteiger partial charge in [0.1, 0.15) is 0 Å². The molecule has 2 unspecified atom stereocenters. The molecule has 0 bridgehead atoms. The third-order valence-electron chi connectivity index (χ3n) is 4.03. The predicted molar refractivity (Wildman–Crippen MR) is 73.7 cm³/mol. The Hall–Kier alpha value is -1.30. The fraction of sp³-hybridized carbons (Fsp3) is 0.412. The van der Waals surface area contributed by atoms with E-state index in [-0.39, 0.29) is 0 Å². The van der Waals surface area contributed by atoms with E-state index in [4.69, 9.17) is 0 Å². The van der Waals surface area contributed by atoms with Crippen molar-refractivity contribution in [2.24, 2.45) is 11.8 Å². The molecule has 0 fully saturated rings. The van der Waals surface area contributed by atoms with Gasteiger partial charge in [-0.25, -0.2) is 0 Å². The topological polar surface area (TPSA) is 0 Å². The Morgan fingerprint density at radius 2 is 1.18 bits per heavy atom. The first-order valence-corrected chi connectivity index (χ1v) is 6.71. The summed E-state index contributed by atoms with van der Waals surface area (Å²) in [5, 5.41) is 0. The maximum absolute atomic E-state index is 2.33. The van der Waals surface area contributed by atoms with Gasteiger partial charge in [-0.2, -0.15) is 0 Å². The Bertz CT molecular complexity index is 436. The van der Waals surface area contributed by atoms with Crippen molar-refractivity contribution in [3.63, 3.8) is 0 Å². The van der Waals surface area contributed by atoms with Crippen LogP contribution in [0.15, 0.2) is 58.7 Å². The van der Waals surface area contributed by atoms with E-state index >= 15 is 0 Å². The van der Waals surface area contributed by atoms with E-state index in [2.05, 4.69) is 50.3 Å². The minimum absolute atomic E-state index is 0.731. The van der Waals surface area contributed by atoms with Crippen LogP contribution in [0.4, 0.5) is 0 Å². The summed E-state index contributed by atoms with van der Waals surface area (Å²) in [6.07, 6.45) is 17.6. The summed E-state index contributed by atoms with van der Waals surface area (Å²) in [6.45, 7) is 4.59. The molecule has 0 N–H and O–H groups in total. The smallest absolute Gasteiger partial charge is 0.00203 e. The molecule has 0 saturated carbocycles. The van der Waals surface area contributed by atoms with Crippen LogP contribution in [-0.2, 0) is 0 Å². The Morgan fingerprint density at radius 1 is 0.706 bits per heavy atom. The van der Waals surface area contributed by atoms with Crippen molar-refractivity contribution in [3.8, 4) is 0 Å². The highest BCUT2D eigenvalue weighted by atomic mass is 14.2. The molecule has 88 valence electrons. The van der Waals surface area contributed by atoms with Gasteiger partial charge in [-0.1, -0.05) is 50.3 Å². The van der Waals surface area contributed by atoms with Crippen LogP contribution >= 0.6 is 0 Å². The van der Waals surface area contributed by atoms with Gasteiger partial charge in [0, 0.05) is 0 Å². The SMILES string of the molecule is CC1C=CC(=C2C=CC(=C3C=CC(C)C3)C2)C1. The van der Waals surface area contributed by atoms with Crippen LogP contribution in [0.3, 0.4) is 0 Å². The number of hydrogen-bond acceptors (Lipinski definition) is 0. The van der Waals surface area contributed by atoms with Crippen molar-refractivity contribution < 1.29 is 0 Å². The van der Waals surface area contributed by atoms with Gasteiger partial charge in [-0.15, -0.1) is 0 Å². The molecule has 0 spiro atoms. The molecule has 3 aliphatic rings. The average molecular weight is 224 g/mol. The third kappa shape index (κ3) is 2.09. The van der Waals surface area contributed by atoms with Crippen LogP contribution in [0.1, 0.15) is 33.1 Å². The largest absolute Gasteiger partial charge is 0.0811 e. The molecule has 0 aromatic heterocycles. The minimum atomic E-state index is 0.731. The quantitative estimate of drug-likeness (QED) is 0.558. The molecule has 0 radical (unpaired) electrons. The average Bonchev–Trinajstić information content (AvgIpc) is 2.96. The van der Waals surface area contributed by atoms with E-state index < -0.39 is 0 Å². The van der Waals surface area contributed by atoms with E-state index in [1.807, 2.05) is 0 Å². The monoisotopic (exact) mass is 224 g/mol. The third-order valence-corrected chi connectivity index (χ3v) is 4.03. The highest BCUT2D eigenvalue weighted by Gasteiger charge is 2.18. The van der Waals surface area contributed by atoms with E-state index in [9.17, 15) is 0 Å². The maximum Gasteiger partial charge on any atom is -0.00203 e. The highest BCUT2D eigenvalue weighted by molar-refractivity contribution is 5.51. The molecule has 3 rings (SSSR count). The van der Waals surface area contributed by atoms with E-state index in [0.29, 0.717) is 0 Å². The standard InChI is InChI=1S/C17H20/c1-12-3-5-14(9-12)16-7-8-17(11-16)15-6-4-13(2)10-15/h3-8,12-13H,9-11H2,1-2H3. The van der Waals surface area contributed by atoms with Crippen molar-refractivity contribution in [3.05, 3.63) is 58.7 Å². The summed E-state index contributed by atoms with van der Waals surface area (Å²) in [4.78, 5) is 0. The second kappa shape index (κ2) is 4.18. The van der Waals surface area contributed by atoms with Crippen molar-refractivity contribution in [1.29, 1.82) is 0 Å². The lowest BCUT2D eigenvalue weighted by molar-refractivity contribution is 0.751. The predicted octanol–water partition coefficient (Wildman–Crippen LogP) is 4.73. The first-order chi connectivity index (χ1) is 8.22. The molecule has 3 aliphatic carbocycles. The Morgan fingerprint density at radius 3 is 1.53 bits per heavy atom. The van der Waals surface area contributed by atoms with E-state index in [1.54, 1.807) is 22.3 Å². The molecular formula is C17H20. The van der Waals surface area contributed by atoms with Crippen molar-refractivity contribution in [1.82, 2.24) is 0 Å². The van der Waals surface area contributed by atoms with Gasteiger partial charge < -0.3 is 0 Å². The summed E-state index contributed by atoms with van der Waals surface area (Å²) in [7, 11) is 0. The van der Waals surface area contributed by atoms with Gasteiger partial charge in [0.15, 0.2) is 0 Å². The Labute approximate surface area is 104 Å². The zero-order valence-electron chi connectivity index (χ0n) is 10.7. The zero-order chi connectivity index (χ0) is 11.8. The first kappa shape index (κ1) is 10.8. The van der Waals surface area contributed by atoms with Crippen LogP contribution in [0.25, 0.3) is 0 Å². The van der Waals surface area contributed by atoms with E-state index in [0.717, 1.165) is 18.3 Å². The lowest BCUT2D eigenvalue weighted by Gasteiger charge is -2.05. The Kier molecular flexibility index (Phi) is 2.66. The number of rotatable bonds is 0. The second-order valence-corrected chi connectivity index (χ2v) is 5.69. The lowest BCUT2D eigenvalue weighted by atomic mass is 10.00. The van der Waals surface area contributed by atoms with Crippen LogP contribution in [0, 0.1) is 11.8 Å². The fourth-order valence-electron chi connectivity index (χ4n) is 2.97. The number of allylic oxidation sites excluding steroid dienone is 10. The van der Waals surface area contributed by atoms with Crippen LogP contribution in [0.2, 0.25) is 0 Å². The normalized spacial score (nSPS) is 39.9. The number of hydrogen-bond donors (Lipinski definition) is 0. The van der Waals surface area contributed by atoms with Gasteiger partial charge in [0.2, 0.25) is 0 Å². The van der Waals surface area contributed by atoms with Crippen molar-refractivity contribution in [2.45, 2.75) is 33.1 Å².